The van der Waals surface area contributed by atoms with E-state index >= 15 is 0 Å². The van der Waals surface area contributed by atoms with Crippen LogP contribution in [0.25, 0.3) is 0 Å². The summed E-state index contributed by atoms with van der Waals surface area (Å²) in [5.41, 5.74) is 2.11. The standard InChI is InChI=1S/C13H23ClN4/c1-4-6-17(11-7-15-8-11)9-12-13(14)10(3)16-18(12)5-2/h11,15H,4-9H2,1-3H3. The maximum Gasteiger partial charge on any atom is 0.0860 e. The van der Waals surface area contributed by atoms with Gasteiger partial charge < -0.3 is 5.32 Å². The summed E-state index contributed by atoms with van der Waals surface area (Å²) in [6.45, 7) is 11.4. The highest BCUT2D eigenvalue weighted by Crippen LogP contribution is 2.23. The molecule has 1 N–H and O–H groups in total. The van der Waals surface area contributed by atoms with Gasteiger partial charge in [0.05, 0.1) is 16.4 Å². The van der Waals surface area contributed by atoms with E-state index in [1.807, 2.05) is 11.6 Å². The zero-order chi connectivity index (χ0) is 13.1. The van der Waals surface area contributed by atoms with Crippen LogP contribution in [0.4, 0.5) is 0 Å². The largest absolute Gasteiger partial charge is 0.314 e. The molecular weight excluding hydrogens is 248 g/mol. The second-order valence-corrected chi connectivity index (χ2v) is 5.32. The quantitative estimate of drug-likeness (QED) is 0.859. The Bertz CT molecular complexity index is 398. The van der Waals surface area contributed by atoms with E-state index < -0.39 is 0 Å². The number of nitrogens with one attached hydrogen (secondary N) is 1. The third kappa shape index (κ3) is 2.71. The van der Waals surface area contributed by atoms with E-state index in [4.69, 9.17) is 11.6 Å². The highest BCUT2D eigenvalue weighted by atomic mass is 35.5. The van der Waals surface area contributed by atoms with Crippen LogP contribution in [-0.2, 0) is 13.1 Å². The monoisotopic (exact) mass is 270 g/mol. The molecule has 1 aromatic heterocycles. The van der Waals surface area contributed by atoms with E-state index in [1.54, 1.807) is 0 Å². The van der Waals surface area contributed by atoms with Crippen LogP contribution in [0.2, 0.25) is 5.02 Å². The molecule has 18 heavy (non-hydrogen) atoms. The van der Waals surface area contributed by atoms with Crippen LogP contribution in [0.15, 0.2) is 0 Å². The number of hydrogen-bond acceptors (Lipinski definition) is 3. The Labute approximate surface area is 114 Å². The van der Waals surface area contributed by atoms with Crippen LogP contribution < -0.4 is 5.32 Å². The van der Waals surface area contributed by atoms with Crippen LogP contribution in [-0.4, -0.2) is 40.4 Å². The van der Waals surface area contributed by atoms with Crippen molar-refractivity contribution < 1.29 is 0 Å². The maximum atomic E-state index is 6.38. The Morgan fingerprint density at radius 3 is 2.67 bits per heavy atom. The van der Waals surface area contributed by atoms with Gasteiger partial charge in [0.25, 0.3) is 0 Å². The van der Waals surface area contributed by atoms with Crippen molar-refractivity contribution in [1.82, 2.24) is 20.0 Å². The fourth-order valence-corrected chi connectivity index (χ4v) is 2.62. The molecule has 5 heteroatoms. The first-order chi connectivity index (χ1) is 8.67. The van der Waals surface area contributed by atoms with Gasteiger partial charge in [-0.1, -0.05) is 18.5 Å². The molecule has 0 aromatic carbocycles. The Balaban J connectivity index is 2.14. The van der Waals surface area contributed by atoms with Crippen molar-refractivity contribution in [2.45, 2.75) is 46.3 Å². The molecule has 1 saturated heterocycles. The molecule has 4 nitrogen and oxygen atoms in total. The van der Waals surface area contributed by atoms with Gasteiger partial charge in [-0.05, 0) is 26.8 Å². The Kier molecular flexibility index (Phi) is 4.65. The topological polar surface area (TPSA) is 33.1 Å². The minimum atomic E-state index is 0.654. The molecule has 2 rings (SSSR count). The normalized spacial score (nSPS) is 16.3. The minimum Gasteiger partial charge on any atom is -0.314 e. The average molecular weight is 271 g/mol. The van der Waals surface area contributed by atoms with E-state index in [9.17, 15) is 0 Å². The van der Waals surface area contributed by atoms with Crippen LogP contribution in [0.5, 0.6) is 0 Å². The van der Waals surface area contributed by atoms with Crippen molar-refractivity contribution in [2.75, 3.05) is 19.6 Å². The molecule has 1 aliphatic heterocycles. The van der Waals surface area contributed by atoms with Crippen molar-refractivity contribution in [3.05, 3.63) is 16.4 Å². The van der Waals surface area contributed by atoms with Crippen molar-refractivity contribution >= 4 is 11.6 Å². The number of nitrogens with zero attached hydrogens (tertiary/aromatic N) is 3. The number of aromatic nitrogens is 2. The van der Waals surface area contributed by atoms with Crippen molar-refractivity contribution in [3.8, 4) is 0 Å². The summed E-state index contributed by atoms with van der Waals surface area (Å²) in [6.07, 6.45) is 1.17. The summed E-state index contributed by atoms with van der Waals surface area (Å²) in [5, 5.41) is 8.66. The van der Waals surface area contributed by atoms with Gasteiger partial charge in [0.15, 0.2) is 0 Å². The van der Waals surface area contributed by atoms with Gasteiger partial charge in [0, 0.05) is 32.2 Å². The van der Waals surface area contributed by atoms with Gasteiger partial charge in [-0.25, -0.2) is 0 Å². The molecule has 102 valence electrons. The molecule has 1 aliphatic rings. The highest BCUT2D eigenvalue weighted by Gasteiger charge is 2.26. The fourth-order valence-electron chi connectivity index (χ4n) is 2.42. The summed E-state index contributed by atoms with van der Waals surface area (Å²) in [7, 11) is 0. The van der Waals surface area contributed by atoms with Crippen molar-refractivity contribution in [2.24, 2.45) is 0 Å². The smallest absolute Gasteiger partial charge is 0.0860 e. The predicted molar refractivity (Wildman–Crippen MR) is 75.0 cm³/mol. The van der Waals surface area contributed by atoms with Gasteiger partial charge in [-0.15, -0.1) is 0 Å². The minimum absolute atomic E-state index is 0.654. The lowest BCUT2D eigenvalue weighted by Gasteiger charge is -2.38. The zero-order valence-electron chi connectivity index (χ0n) is 11.5. The summed E-state index contributed by atoms with van der Waals surface area (Å²) >= 11 is 6.38. The Morgan fingerprint density at radius 2 is 2.17 bits per heavy atom. The SMILES string of the molecule is CCCN(Cc1c(Cl)c(C)nn1CC)C1CNC1. The summed E-state index contributed by atoms with van der Waals surface area (Å²) in [6, 6.07) is 0.654. The first kappa shape index (κ1) is 13.8. The van der Waals surface area contributed by atoms with Gasteiger partial charge in [0.1, 0.15) is 0 Å². The van der Waals surface area contributed by atoms with Crippen molar-refractivity contribution in [3.63, 3.8) is 0 Å². The molecule has 0 amide bonds. The van der Waals surface area contributed by atoms with Crippen molar-refractivity contribution in [1.29, 1.82) is 0 Å². The molecule has 0 saturated carbocycles. The Morgan fingerprint density at radius 1 is 1.44 bits per heavy atom. The molecule has 0 atom stereocenters. The van der Waals surface area contributed by atoms with E-state index in [0.29, 0.717) is 6.04 Å². The molecule has 0 aliphatic carbocycles. The van der Waals surface area contributed by atoms with E-state index in [1.165, 1.54) is 6.42 Å². The third-order valence-electron chi connectivity index (χ3n) is 3.59. The van der Waals surface area contributed by atoms with E-state index in [-0.39, 0.29) is 0 Å². The highest BCUT2D eigenvalue weighted by molar-refractivity contribution is 6.31. The number of aryl methyl sites for hydroxylation is 2. The van der Waals surface area contributed by atoms with Crippen LogP contribution in [0.1, 0.15) is 31.7 Å². The predicted octanol–water partition coefficient (Wildman–Crippen LogP) is 2.05. The lowest BCUT2D eigenvalue weighted by Crippen LogP contribution is -2.57. The zero-order valence-corrected chi connectivity index (χ0v) is 12.3. The lowest BCUT2D eigenvalue weighted by molar-refractivity contribution is 0.134. The molecule has 0 spiro atoms. The van der Waals surface area contributed by atoms with Gasteiger partial charge in [-0.3, -0.25) is 9.58 Å². The molecule has 2 heterocycles. The lowest BCUT2D eigenvalue weighted by atomic mass is 10.1. The first-order valence-corrected chi connectivity index (χ1v) is 7.21. The second kappa shape index (κ2) is 6.04. The first-order valence-electron chi connectivity index (χ1n) is 6.83. The average Bonchev–Trinajstić information content (AvgIpc) is 2.55. The maximum absolute atomic E-state index is 6.38. The molecule has 1 aromatic rings. The van der Waals surface area contributed by atoms with E-state index in [2.05, 4.69) is 29.2 Å². The van der Waals surface area contributed by atoms with Crippen LogP contribution in [0.3, 0.4) is 0 Å². The fraction of sp³-hybridized carbons (Fsp3) is 0.769. The summed E-state index contributed by atoms with van der Waals surface area (Å²) in [5.74, 6) is 0. The molecule has 0 radical (unpaired) electrons. The van der Waals surface area contributed by atoms with Gasteiger partial charge in [-0.2, -0.15) is 5.10 Å². The summed E-state index contributed by atoms with van der Waals surface area (Å²) < 4.78 is 2.03. The van der Waals surface area contributed by atoms with Crippen LogP contribution in [0, 0.1) is 6.92 Å². The van der Waals surface area contributed by atoms with Crippen LogP contribution >= 0.6 is 11.6 Å². The molecule has 1 fully saturated rings. The molecule has 0 bridgehead atoms. The van der Waals surface area contributed by atoms with E-state index in [0.717, 1.165) is 49.1 Å². The second-order valence-electron chi connectivity index (χ2n) is 4.94. The van der Waals surface area contributed by atoms with Gasteiger partial charge in [0.2, 0.25) is 0 Å². The number of rotatable bonds is 6. The molecule has 0 unspecified atom stereocenters. The number of hydrogen-bond donors (Lipinski definition) is 1. The molecular formula is C13H23ClN4. The summed E-state index contributed by atoms with van der Waals surface area (Å²) in [4.78, 5) is 2.52. The van der Waals surface area contributed by atoms with Gasteiger partial charge >= 0.3 is 0 Å². The number of halogens is 1. The third-order valence-corrected chi connectivity index (χ3v) is 4.08. The Hall–Kier alpha value is -0.580.